The molecule has 0 N–H and O–H groups in total. The second kappa shape index (κ2) is 5.75. The Balaban J connectivity index is 2.45. The molecule has 0 unspecified atom stereocenters. The maximum atomic E-state index is 12.5. The quantitative estimate of drug-likeness (QED) is 0.813. The fraction of sp³-hybridized carbons (Fsp3) is 0.500. The van der Waals surface area contributed by atoms with Crippen LogP contribution in [0.15, 0.2) is 11.1 Å². The highest BCUT2D eigenvalue weighted by molar-refractivity contribution is 7.18. The highest BCUT2D eigenvalue weighted by atomic mass is 32.1. The van der Waals surface area contributed by atoms with Gasteiger partial charge >= 0.3 is 5.97 Å². The summed E-state index contributed by atoms with van der Waals surface area (Å²) in [5.41, 5.74) is 0.753. The van der Waals surface area contributed by atoms with Gasteiger partial charge in [-0.3, -0.25) is 9.36 Å². The van der Waals surface area contributed by atoms with Crippen molar-refractivity contribution in [2.24, 2.45) is 0 Å². The van der Waals surface area contributed by atoms with E-state index in [4.69, 9.17) is 4.74 Å². The number of nitrogens with zero attached hydrogens (tertiary/aromatic N) is 2. The van der Waals surface area contributed by atoms with Gasteiger partial charge in [0.2, 0.25) is 0 Å². The highest BCUT2D eigenvalue weighted by Crippen LogP contribution is 2.25. The van der Waals surface area contributed by atoms with E-state index in [0.29, 0.717) is 12.0 Å². The predicted molar refractivity (Wildman–Crippen MR) is 79.3 cm³/mol. The zero-order valence-corrected chi connectivity index (χ0v) is 12.9. The van der Waals surface area contributed by atoms with Crippen molar-refractivity contribution in [3.63, 3.8) is 0 Å². The Morgan fingerprint density at radius 3 is 2.85 bits per heavy atom. The monoisotopic (exact) mass is 294 g/mol. The number of carbonyl (C=O) groups excluding carboxylic acids is 1. The van der Waals surface area contributed by atoms with Crippen molar-refractivity contribution in [1.29, 1.82) is 0 Å². The van der Waals surface area contributed by atoms with Gasteiger partial charge in [0.25, 0.3) is 5.56 Å². The molecule has 0 saturated heterocycles. The SMILES string of the molecule is CCCOC(=O)[C@H](C)n1cnc2sc(C)c(C)c2c1=O. The molecule has 0 spiro atoms. The number of fused-ring (bicyclic) bond motifs is 1. The van der Waals surface area contributed by atoms with Crippen molar-refractivity contribution in [1.82, 2.24) is 9.55 Å². The third kappa shape index (κ3) is 2.47. The van der Waals surface area contributed by atoms with Gasteiger partial charge in [-0.1, -0.05) is 6.92 Å². The number of esters is 1. The summed E-state index contributed by atoms with van der Waals surface area (Å²) in [7, 11) is 0. The Morgan fingerprint density at radius 1 is 1.50 bits per heavy atom. The minimum absolute atomic E-state index is 0.183. The van der Waals surface area contributed by atoms with Crippen LogP contribution in [-0.2, 0) is 9.53 Å². The lowest BCUT2D eigenvalue weighted by Gasteiger charge is -2.13. The summed E-state index contributed by atoms with van der Waals surface area (Å²) < 4.78 is 6.43. The molecule has 1 atom stereocenters. The van der Waals surface area contributed by atoms with Crippen LogP contribution in [-0.4, -0.2) is 22.1 Å². The molecule has 0 aliphatic carbocycles. The van der Waals surface area contributed by atoms with Crippen LogP contribution in [0.4, 0.5) is 0 Å². The molecule has 2 rings (SSSR count). The third-order valence-corrected chi connectivity index (χ3v) is 4.44. The van der Waals surface area contributed by atoms with Crippen LogP contribution >= 0.6 is 11.3 Å². The third-order valence-electron chi connectivity index (χ3n) is 3.32. The molecule has 2 aromatic rings. The van der Waals surface area contributed by atoms with E-state index in [-0.39, 0.29) is 5.56 Å². The van der Waals surface area contributed by atoms with E-state index in [0.717, 1.165) is 21.7 Å². The number of hydrogen-bond acceptors (Lipinski definition) is 5. The molecule has 20 heavy (non-hydrogen) atoms. The first-order valence-electron chi connectivity index (χ1n) is 6.60. The number of carbonyl (C=O) groups is 1. The van der Waals surface area contributed by atoms with Gasteiger partial charge in [0.05, 0.1) is 18.3 Å². The lowest BCUT2D eigenvalue weighted by atomic mass is 10.2. The molecule has 5 nitrogen and oxygen atoms in total. The Labute approximate surface area is 121 Å². The normalized spacial score (nSPS) is 12.6. The highest BCUT2D eigenvalue weighted by Gasteiger charge is 2.20. The number of aromatic nitrogens is 2. The summed E-state index contributed by atoms with van der Waals surface area (Å²) in [6, 6.07) is -0.662. The Morgan fingerprint density at radius 2 is 2.20 bits per heavy atom. The number of rotatable bonds is 4. The molecule has 6 heteroatoms. The van der Waals surface area contributed by atoms with Gasteiger partial charge in [0.15, 0.2) is 0 Å². The average Bonchev–Trinajstić information content (AvgIpc) is 2.72. The number of hydrogen-bond donors (Lipinski definition) is 0. The van der Waals surface area contributed by atoms with Gasteiger partial charge in [0, 0.05) is 4.88 Å². The second-order valence-corrected chi connectivity index (χ2v) is 5.97. The first-order valence-corrected chi connectivity index (χ1v) is 7.42. The molecule has 0 saturated carbocycles. The minimum atomic E-state index is -0.662. The van der Waals surface area contributed by atoms with Gasteiger partial charge in [-0.25, -0.2) is 9.78 Å². The lowest BCUT2D eigenvalue weighted by Crippen LogP contribution is -2.29. The maximum Gasteiger partial charge on any atom is 0.328 e. The first-order chi connectivity index (χ1) is 9.47. The van der Waals surface area contributed by atoms with Crippen LogP contribution in [0, 0.1) is 13.8 Å². The van der Waals surface area contributed by atoms with E-state index >= 15 is 0 Å². The second-order valence-electron chi connectivity index (χ2n) is 4.76. The number of thiophene rings is 1. The van der Waals surface area contributed by atoms with Crippen molar-refractivity contribution in [3.05, 3.63) is 27.1 Å². The molecule has 0 aliphatic heterocycles. The standard InChI is InChI=1S/C14H18N2O3S/c1-5-6-19-14(18)9(3)16-7-15-12-11(13(16)17)8(2)10(4)20-12/h7,9H,5-6H2,1-4H3/t9-/m0/s1. The van der Waals surface area contributed by atoms with E-state index in [1.54, 1.807) is 6.92 Å². The Hall–Kier alpha value is -1.69. The number of aryl methyl sites for hydroxylation is 2. The molecular formula is C14H18N2O3S. The predicted octanol–water partition coefficient (Wildman–Crippen LogP) is 2.59. The molecule has 0 fully saturated rings. The topological polar surface area (TPSA) is 61.2 Å². The molecule has 108 valence electrons. The van der Waals surface area contributed by atoms with Crippen molar-refractivity contribution >= 4 is 27.5 Å². The van der Waals surface area contributed by atoms with Crippen LogP contribution in [0.1, 0.15) is 36.8 Å². The van der Waals surface area contributed by atoms with Crippen LogP contribution in [0.2, 0.25) is 0 Å². The largest absolute Gasteiger partial charge is 0.464 e. The average molecular weight is 294 g/mol. The maximum absolute atomic E-state index is 12.5. The van der Waals surface area contributed by atoms with Gasteiger partial charge in [-0.2, -0.15) is 0 Å². The Kier molecular flexibility index (Phi) is 4.23. The van der Waals surface area contributed by atoms with E-state index < -0.39 is 12.0 Å². The summed E-state index contributed by atoms with van der Waals surface area (Å²) in [6.07, 6.45) is 2.19. The summed E-state index contributed by atoms with van der Waals surface area (Å²) >= 11 is 1.49. The molecule has 2 aromatic heterocycles. The zero-order valence-electron chi connectivity index (χ0n) is 12.1. The van der Waals surface area contributed by atoms with Crippen molar-refractivity contribution in [3.8, 4) is 0 Å². The molecule has 0 bridgehead atoms. The summed E-state index contributed by atoms with van der Waals surface area (Å²) in [6.45, 7) is 7.81. The summed E-state index contributed by atoms with van der Waals surface area (Å²) in [5.74, 6) is -0.403. The fourth-order valence-electron chi connectivity index (χ4n) is 1.96. The van der Waals surface area contributed by atoms with Gasteiger partial charge in [-0.05, 0) is 32.8 Å². The van der Waals surface area contributed by atoms with Gasteiger partial charge in [0.1, 0.15) is 10.9 Å². The van der Waals surface area contributed by atoms with Crippen molar-refractivity contribution < 1.29 is 9.53 Å². The van der Waals surface area contributed by atoms with Crippen LogP contribution in [0.5, 0.6) is 0 Å². The van der Waals surface area contributed by atoms with Crippen LogP contribution in [0.25, 0.3) is 10.2 Å². The number of ether oxygens (including phenoxy) is 1. The zero-order chi connectivity index (χ0) is 14.9. The summed E-state index contributed by atoms with van der Waals surface area (Å²) in [4.78, 5) is 30.4. The molecule has 0 aliphatic rings. The van der Waals surface area contributed by atoms with E-state index in [2.05, 4.69) is 4.98 Å². The van der Waals surface area contributed by atoms with E-state index in [1.807, 2.05) is 20.8 Å². The first kappa shape index (κ1) is 14.7. The van der Waals surface area contributed by atoms with E-state index in [9.17, 15) is 9.59 Å². The van der Waals surface area contributed by atoms with Crippen LogP contribution < -0.4 is 5.56 Å². The smallest absolute Gasteiger partial charge is 0.328 e. The molecule has 0 aromatic carbocycles. The fourth-order valence-corrected chi connectivity index (χ4v) is 2.95. The summed E-state index contributed by atoms with van der Waals surface area (Å²) in [5, 5.41) is 0.602. The lowest BCUT2D eigenvalue weighted by molar-refractivity contribution is -0.147. The Bertz CT molecular complexity index is 702. The van der Waals surface area contributed by atoms with Crippen molar-refractivity contribution in [2.75, 3.05) is 6.61 Å². The van der Waals surface area contributed by atoms with Crippen LogP contribution in [0.3, 0.4) is 0 Å². The molecular weight excluding hydrogens is 276 g/mol. The van der Waals surface area contributed by atoms with Gasteiger partial charge in [-0.15, -0.1) is 11.3 Å². The minimum Gasteiger partial charge on any atom is -0.464 e. The van der Waals surface area contributed by atoms with E-state index in [1.165, 1.54) is 22.2 Å². The molecule has 2 heterocycles. The molecule has 0 radical (unpaired) electrons. The molecule has 0 amide bonds. The van der Waals surface area contributed by atoms with Gasteiger partial charge < -0.3 is 4.74 Å². The van der Waals surface area contributed by atoms with Crippen molar-refractivity contribution in [2.45, 2.75) is 40.2 Å².